The van der Waals surface area contributed by atoms with Crippen molar-refractivity contribution in [3.05, 3.63) is 70.7 Å². The Balaban J connectivity index is 1.54. The molecule has 5 rings (SSSR count). The number of carbonyl (C=O) groups is 1. The van der Waals surface area contributed by atoms with Gasteiger partial charge in [0, 0.05) is 35.8 Å². The summed E-state index contributed by atoms with van der Waals surface area (Å²) < 4.78 is 3.86. The van der Waals surface area contributed by atoms with Crippen LogP contribution in [0.1, 0.15) is 89.4 Å². The van der Waals surface area contributed by atoms with Crippen LogP contribution in [0.5, 0.6) is 0 Å². The third-order valence-corrected chi connectivity index (χ3v) is 8.76. The van der Waals surface area contributed by atoms with Gasteiger partial charge >= 0.3 is 5.69 Å². The predicted molar refractivity (Wildman–Crippen MR) is 159 cm³/mol. The van der Waals surface area contributed by atoms with Crippen molar-refractivity contribution in [2.24, 2.45) is 11.8 Å². The number of aromatic nitrogens is 7. The van der Waals surface area contributed by atoms with Crippen molar-refractivity contribution in [3.8, 4) is 22.5 Å². The summed E-state index contributed by atoms with van der Waals surface area (Å²) in [5.41, 5.74) is 4.91. The molecule has 1 fully saturated rings. The molecular weight excluding hydrogens is 514 g/mol. The number of hydrogen-bond donors (Lipinski definition) is 1. The van der Waals surface area contributed by atoms with E-state index in [0.29, 0.717) is 18.3 Å². The average Bonchev–Trinajstić information content (AvgIpc) is 3.61. The van der Waals surface area contributed by atoms with Crippen LogP contribution in [0, 0.1) is 11.8 Å². The SMILES string of the molecule is CCCCc1cn(C2C(CC)CCCCCC2C(C)=O)c(=O)n1Cc1cnccc1-c1ccc(-c2nn[nH]n2)cc1. The number of nitrogens with zero attached hydrogens (tertiary/aromatic N) is 6. The topological polar surface area (TPSA) is 111 Å². The Morgan fingerprint density at radius 1 is 1.05 bits per heavy atom. The van der Waals surface area contributed by atoms with E-state index < -0.39 is 0 Å². The second-order valence-corrected chi connectivity index (χ2v) is 11.4. The normalized spacial score (nSPS) is 19.5. The van der Waals surface area contributed by atoms with E-state index in [-0.39, 0.29) is 23.4 Å². The van der Waals surface area contributed by atoms with Crippen LogP contribution in [0.4, 0.5) is 0 Å². The smallest absolute Gasteiger partial charge is 0.300 e. The number of H-pyrrole nitrogens is 1. The first-order chi connectivity index (χ1) is 20.0. The van der Waals surface area contributed by atoms with Gasteiger partial charge in [-0.1, -0.05) is 70.2 Å². The summed E-state index contributed by atoms with van der Waals surface area (Å²) >= 11 is 0. The van der Waals surface area contributed by atoms with Gasteiger partial charge in [-0.25, -0.2) is 4.79 Å². The number of aromatic amines is 1. The van der Waals surface area contributed by atoms with Gasteiger partial charge in [0.1, 0.15) is 5.78 Å². The number of unbranched alkanes of at least 4 members (excludes halogenated alkanes) is 1. The number of carbonyl (C=O) groups excluding carboxylic acids is 1. The zero-order chi connectivity index (χ0) is 28.8. The van der Waals surface area contributed by atoms with Gasteiger partial charge in [0.2, 0.25) is 5.82 Å². The lowest BCUT2D eigenvalue weighted by atomic mass is 9.77. The third-order valence-electron chi connectivity index (χ3n) is 8.76. The number of aryl methyl sites for hydroxylation is 1. The molecule has 1 aliphatic rings. The molecule has 0 amide bonds. The molecule has 3 unspecified atom stereocenters. The van der Waals surface area contributed by atoms with E-state index >= 15 is 0 Å². The Bertz CT molecular complexity index is 1490. The lowest BCUT2D eigenvalue weighted by molar-refractivity contribution is -0.123. The molecule has 1 N–H and O–H groups in total. The molecule has 0 bridgehead atoms. The lowest BCUT2D eigenvalue weighted by Crippen LogP contribution is -2.38. The second kappa shape index (κ2) is 13.2. The molecule has 0 radical (unpaired) electrons. The fraction of sp³-hybridized carbons (Fsp3) is 0.500. The Kier molecular flexibility index (Phi) is 9.21. The summed E-state index contributed by atoms with van der Waals surface area (Å²) in [6, 6.07) is 9.92. The van der Waals surface area contributed by atoms with Gasteiger partial charge in [-0.05, 0) is 66.5 Å². The molecule has 1 aliphatic carbocycles. The van der Waals surface area contributed by atoms with Crippen LogP contribution in [0.15, 0.2) is 53.7 Å². The molecule has 0 saturated heterocycles. The van der Waals surface area contributed by atoms with Crippen LogP contribution in [0.3, 0.4) is 0 Å². The van der Waals surface area contributed by atoms with Crippen LogP contribution in [0.2, 0.25) is 0 Å². The minimum atomic E-state index is -0.125. The van der Waals surface area contributed by atoms with Gasteiger partial charge < -0.3 is 0 Å². The highest BCUT2D eigenvalue weighted by atomic mass is 16.2. The standard InChI is InChI=1S/C32H41N7O2/c1-4-6-11-27-21-39(30-23(5-2)10-8-7-9-12-28(30)22(3)40)32(41)38(27)20-26-19-33-18-17-29(26)24-13-15-25(16-14-24)31-34-36-37-35-31/h13-19,21,23,28,30H,4-12,20H2,1-3H3,(H,34,35,36,37). The first-order valence-electron chi connectivity index (χ1n) is 15.1. The summed E-state index contributed by atoms with van der Waals surface area (Å²) in [5.74, 6) is 0.926. The summed E-state index contributed by atoms with van der Waals surface area (Å²) in [6.07, 6.45) is 14.8. The molecule has 216 valence electrons. The van der Waals surface area contributed by atoms with Crippen molar-refractivity contribution in [1.82, 2.24) is 34.7 Å². The van der Waals surface area contributed by atoms with Gasteiger partial charge in [-0.15, -0.1) is 10.2 Å². The number of hydrogen-bond acceptors (Lipinski definition) is 6. The van der Waals surface area contributed by atoms with Crippen LogP contribution in [-0.4, -0.2) is 40.5 Å². The molecule has 41 heavy (non-hydrogen) atoms. The van der Waals surface area contributed by atoms with E-state index in [1.165, 1.54) is 0 Å². The van der Waals surface area contributed by atoms with Crippen LogP contribution < -0.4 is 5.69 Å². The first-order valence-corrected chi connectivity index (χ1v) is 15.1. The maximum atomic E-state index is 14.3. The Labute approximate surface area is 241 Å². The van der Waals surface area contributed by atoms with E-state index in [1.54, 1.807) is 13.1 Å². The largest absolute Gasteiger partial charge is 0.328 e. The number of ketones is 1. The summed E-state index contributed by atoms with van der Waals surface area (Å²) in [6.45, 7) is 6.50. The Morgan fingerprint density at radius 2 is 1.83 bits per heavy atom. The quantitative estimate of drug-likeness (QED) is 0.256. The number of tetrazole rings is 1. The van der Waals surface area contributed by atoms with Crippen molar-refractivity contribution in [3.63, 3.8) is 0 Å². The molecular formula is C32H41N7O2. The molecule has 9 nitrogen and oxygen atoms in total. The summed E-state index contributed by atoms with van der Waals surface area (Å²) in [4.78, 5) is 31.6. The minimum absolute atomic E-state index is 0.0198. The summed E-state index contributed by atoms with van der Waals surface area (Å²) in [5, 5.41) is 14.3. The maximum Gasteiger partial charge on any atom is 0.328 e. The molecule has 9 heteroatoms. The van der Waals surface area contributed by atoms with E-state index in [4.69, 9.17) is 0 Å². The van der Waals surface area contributed by atoms with Crippen LogP contribution in [-0.2, 0) is 17.8 Å². The molecule has 1 saturated carbocycles. The van der Waals surface area contributed by atoms with E-state index in [1.807, 2.05) is 45.7 Å². The lowest BCUT2D eigenvalue weighted by Gasteiger charge is -2.34. The van der Waals surface area contributed by atoms with Crippen molar-refractivity contribution in [2.45, 2.75) is 91.1 Å². The van der Waals surface area contributed by atoms with Crippen molar-refractivity contribution in [2.75, 3.05) is 0 Å². The number of benzene rings is 1. The predicted octanol–water partition coefficient (Wildman–Crippen LogP) is 6.02. The molecule has 0 spiro atoms. The Hall–Kier alpha value is -3.88. The second-order valence-electron chi connectivity index (χ2n) is 11.4. The van der Waals surface area contributed by atoms with E-state index in [2.05, 4.69) is 45.7 Å². The highest BCUT2D eigenvalue weighted by Gasteiger charge is 2.35. The van der Waals surface area contributed by atoms with Gasteiger partial charge in [0.15, 0.2) is 0 Å². The number of imidazole rings is 1. The third kappa shape index (κ3) is 6.24. The molecule has 0 aliphatic heterocycles. The highest BCUT2D eigenvalue weighted by Crippen LogP contribution is 2.38. The fourth-order valence-electron chi connectivity index (χ4n) is 6.50. The zero-order valence-electron chi connectivity index (χ0n) is 24.4. The monoisotopic (exact) mass is 555 g/mol. The Morgan fingerprint density at radius 3 is 2.54 bits per heavy atom. The fourth-order valence-corrected chi connectivity index (χ4v) is 6.50. The van der Waals surface area contributed by atoms with Crippen LogP contribution >= 0.6 is 0 Å². The van der Waals surface area contributed by atoms with Gasteiger partial charge in [-0.3, -0.25) is 18.9 Å². The molecule has 3 aromatic heterocycles. The number of pyridine rings is 1. The summed E-state index contributed by atoms with van der Waals surface area (Å²) in [7, 11) is 0. The maximum absolute atomic E-state index is 14.3. The van der Waals surface area contributed by atoms with E-state index in [0.717, 1.165) is 85.7 Å². The molecule has 1 aromatic carbocycles. The molecule has 3 atom stereocenters. The van der Waals surface area contributed by atoms with Gasteiger partial charge in [0.05, 0.1) is 12.6 Å². The van der Waals surface area contributed by atoms with Crippen molar-refractivity contribution >= 4 is 5.78 Å². The first kappa shape index (κ1) is 28.6. The number of Topliss-reactive ketones (excluding diaryl/α,β-unsaturated/α-hetero) is 1. The highest BCUT2D eigenvalue weighted by molar-refractivity contribution is 5.79. The zero-order valence-corrected chi connectivity index (χ0v) is 24.4. The van der Waals surface area contributed by atoms with Crippen molar-refractivity contribution < 1.29 is 4.79 Å². The number of nitrogens with one attached hydrogen (secondary N) is 1. The van der Waals surface area contributed by atoms with Gasteiger partial charge in [0.25, 0.3) is 0 Å². The number of rotatable bonds is 10. The van der Waals surface area contributed by atoms with Crippen LogP contribution in [0.25, 0.3) is 22.5 Å². The van der Waals surface area contributed by atoms with Crippen molar-refractivity contribution in [1.29, 1.82) is 0 Å². The van der Waals surface area contributed by atoms with Gasteiger partial charge in [-0.2, -0.15) is 5.21 Å². The molecule has 3 heterocycles. The minimum Gasteiger partial charge on any atom is -0.300 e. The van der Waals surface area contributed by atoms with E-state index in [9.17, 15) is 9.59 Å². The average molecular weight is 556 g/mol. The molecule has 4 aromatic rings.